The number of aliphatic hydroxyl groups is 1. The molecule has 3 N–H and O–H groups in total. The Hall–Kier alpha value is -1.75. The Morgan fingerprint density at radius 3 is 2.50 bits per heavy atom. The molecule has 2 amide bonds. The van der Waals surface area contributed by atoms with Crippen molar-refractivity contribution >= 4 is 6.03 Å². The minimum Gasteiger partial charge on any atom is -0.497 e. The molecule has 132 valence electrons. The molecule has 0 unspecified atom stereocenters. The third kappa shape index (κ3) is 3.66. The lowest BCUT2D eigenvalue weighted by molar-refractivity contribution is 0.202. The van der Waals surface area contributed by atoms with Crippen molar-refractivity contribution in [2.24, 2.45) is 5.41 Å². The highest BCUT2D eigenvalue weighted by molar-refractivity contribution is 5.74. The van der Waals surface area contributed by atoms with Crippen molar-refractivity contribution in [2.45, 2.75) is 43.9 Å². The molecular formula is C19H28N2O3. The molecule has 1 aromatic rings. The molecule has 24 heavy (non-hydrogen) atoms. The molecule has 0 aliphatic heterocycles. The summed E-state index contributed by atoms with van der Waals surface area (Å²) in [5.74, 6) is 0.863. The van der Waals surface area contributed by atoms with Gasteiger partial charge in [0.25, 0.3) is 0 Å². The standard InChI is InChI=1S/C19H28N2O3/c1-24-16-6-4-5-15(11-16)19(7-2-3-8-19)13-21-17(23)20-12-18(14-22)9-10-18/h4-6,11,22H,2-3,7-10,12-14H2,1H3,(H2,20,21,23). The van der Waals surface area contributed by atoms with E-state index >= 15 is 0 Å². The number of aliphatic hydroxyl groups excluding tert-OH is 1. The van der Waals surface area contributed by atoms with Gasteiger partial charge in [-0.25, -0.2) is 4.79 Å². The third-order valence-electron chi connectivity index (χ3n) is 5.75. The van der Waals surface area contributed by atoms with Crippen LogP contribution >= 0.6 is 0 Å². The van der Waals surface area contributed by atoms with Crippen LogP contribution in [0.3, 0.4) is 0 Å². The second-order valence-corrected chi connectivity index (χ2v) is 7.41. The minimum absolute atomic E-state index is 0.000125. The zero-order valence-corrected chi connectivity index (χ0v) is 14.4. The maximum atomic E-state index is 12.2. The normalized spacial score (nSPS) is 20.4. The van der Waals surface area contributed by atoms with Gasteiger partial charge in [-0.15, -0.1) is 0 Å². The van der Waals surface area contributed by atoms with Crippen molar-refractivity contribution in [3.05, 3.63) is 29.8 Å². The summed E-state index contributed by atoms with van der Waals surface area (Å²) in [6, 6.07) is 8.07. The first-order valence-corrected chi connectivity index (χ1v) is 8.89. The summed E-state index contributed by atoms with van der Waals surface area (Å²) in [6.07, 6.45) is 6.54. The number of nitrogens with one attached hydrogen (secondary N) is 2. The molecule has 5 nitrogen and oxygen atoms in total. The molecule has 1 aromatic carbocycles. The highest BCUT2D eigenvalue weighted by Crippen LogP contribution is 2.44. The van der Waals surface area contributed by atoms with Crippen LogP contribution in [-0.4, -0.2) is 37.9 Å². The SMILES string of the molecule is COc1cccc(C2(CNC(=O)NCC3(CO)CC3)CCCC2)c1. The lowest BCUT2D eigenvalue weighted by atomic mass is 9.78. The van der Waals surface area contributed by atoms with E-state index < -0.39 is 0 Å². The first-order valence-electron chi connectivity index (χ1n) is 8.89. The number of carbonyl (C=O) groups excluding carboxylic acids is 1. The predicted octanol–water partition coefficient (Wildman–Crippen LogP) is 2.58. The number of urea groups is 1. The summed E-state index contributed by atoms with van der Waals surface area (Å²) in [4.78, 5) is 12.2. The molecule has 2 aliphatic rings. The summed E-state index contributed by atoms with van der Waals surface area (Å²) < 4.78 is 5.36. The first-order chi connectivity index (χ1) is 11.6. The fraction of sp³-hybridized carbons (Fsp3) is 0.632. The number of benzene rings is 1. The number of hydrogen-bond donors (Lipinski definition) is 3. The monoisotopic (exact) mass is 332 g/mol. The van der Waals surface area contributed by atoms with Crippen molar-refractivity contribution in [1.82, 2.24) is 10.6 Å². The zero-order chi connectivity index (χ0) is 17.0. The Morgan fingerprint density at radius 1 is 1.17 bits per heavy atom. The average Bonchev–Trinajstić information content (AvgIpc) is 3.26. The van der Waals surface area contributed by atoms with E-state index in [0.29, 0.717) is 13.1 Å². The highest BCUT2D eigenvalue weighted by Gasteiger charge is 2.42. The van der Waals surface area contributed by atoms with Gasteiger partial charge >= 0.3 is 6.03 Å². The summed E-state index contributed by atoms with van der Waals surface area (Å²) in [5, 5.41) is 15.3. The van der Waals surface area contributed by atoms with Crippen LogP contribution in [0.4, 0.5) is 4.79 Å². The van der Waals surface area contributed by atoms with Gasteiger partial charge in [-0.1, -0.05) is 25.0 Å². The fourth-order valence-corrected chi connectivity index (χ4v) is 3.72. The van der Waals surface area contributed by atoms with Crippen LogP contribution in [0.1, 0.15) is 44.1 Å². The van der Waals surface area contributed by atoms with Gasteiger partial charge in [0.1, 0.15) is 5.75 Å². The van der Waals surface area contributed by atoms with Gasteiger partial charge in [0.15, 0.2) is 0 Å². The Morgan fingerprint density at radius 2 is 1.88 bits per heavy atom. The van der Waals surface area contributed by atoms with Crippen LogP contribution < -0.4 is 15.4 Å². The van der Waals surface area contributed by atoms with Crippen molar-refractivity contribution in [3.8, 4) is 5.75 Å². The van der Waals surface area contributed by atoms with Gasteiger partial charge in [0.05, 0.1) is 13.7 Å². The summed E-state index contributed by atoms with van der Waals surface area (Å²) in [7, 11) is 1.68. The van der Waals surface area contributed by atoms with E-state index in [9.17, 15) is 9.90 Å². The van der Waals surface area contributed by atoms with Gasteiger partial charge in [-0.2, -0.15) is 0 Å². The van der Waals surface area contributed by atoms with Gasteiger partial charge < -0.3 is 20.5 Å². The van der Waals surface area contributed by atoms with E-state index in [1.54, 1.807) is 7.11 Å². The number of hydrogen-bond acceptors (Lipinski definition) is 3. The number of methoxy groups -OCH3 is 1. The van der Waals surface area contributed by atoms with Crippen molar-refractivity contribution in [2.75, 3.05) is 26.8 Å². The molecule has 0 bridgehead atoms. The van der Waals surface area contributed by atoms with Gasteiger partial charge in [-0.3, -0.25) is 0 Å². The van der Waals surface area contributed by atoms with Crippen molar-refractivity contribution in [3.63, 3.8) is 0 Å². The molecule has 0 heterocycles. The predicted molar refractivity (Wildman–Crippen MR) is 93.3 cm³/mol. The van der Waals surface area contributed by atoms with E-state index in [-0.39, 0.29) is 23.5 Å². The lowest BCUT2D eigenvalue weighted by Gasteiger charge is -2.30. The molecule has 0 aromatic heterocycles. The Labute approximate surface area is 143 Å². The average molecular weight is 332 g/mol. The molecule has 2 fully saturated rings. The molecule has 0 saturated heterocycles. The molecule has 2 aliphatic carbocycles. The topological polar surface area (TPSA) is 70.6 Å². The molecule has 3 rings (SSSR count). The third-order valence-corrected chi connectivity index (χ3v) is 5.75. The number of amides is 2. The second kappa shape index (κ2) is 7.01. The largest absolute Gasteiger partial charge is 0.497 e. The highest BCUT2D eigenvalue weighted by atomic mass is 16.5. The maximum Gasteiger partial charge on any atom is 0.314 e. The smallest absolute Gasteiger partial charge is 0.314 e. The Kier molecular flexibility index (Phi) is 4.99. The van der Waals surface area contributed by atoms with Gasteiger partial charge in [0.2, 0.25) is 0 Å². The van der Waals surface area contributed by atoms with Crippen LogP contribution in [0.5, 0.6) is 5.75 Å². The van der Waals surface area contributed by atoms with Crippen LogP contribution in [0.15, 0.2) is 24.3 Å². The quantitative estimate of drug-likeness (QED) is 0.719. The lowest BCUT2D eigenvalue weighted by Crippen LogP contribution is -2.45. The van der Waals surface area contributed by atoms with Crippen LogP contribution in [0.2, 0.25) is 0 Å². The van der Waals surface area contributed by atoms with Crippen LogP contribution in [0, 0.1) is 5.41 Å². The van der Waals surface area contributed by atoms with Crippen LogP contribution in [-0.2, 0) is 5.41 Å². The maximum absolute atomic E-state index is 12.2. The van der Waals surface area contributed by atoms with Crippen molar-refractivity contribution in [1.29, 1.82) is 0 Å². The second-order valence-electron chi connectivity index (χ2n) is 7.41. The molecule has 0 spiro atoms. The number of carbonyl (C=O) groups is 1. The summed E-state index contributed by atoms with van der Waals surface area (Å²) >= 11 is 0. The van der Waals surface area contributed by atoms with E-state index in [1.807, 2.05) is 12.1 Å². The van der Waals surface area contributed by atoms with Gasteiger partial charge in [0, 0.05) is 23.9 Å². The van der Waals surface area contributed by atoms with E-state index in [1.165, 1.54) is 18.4 Å². The summed E-state index contributed by atoms with van der Waals surface area (Å²) in [6.45, 7) is 1.35. The summed E-state index contributed by atoms with van der Waals surface area (Å²) in [5.41, 5.74) is 1.18. The molecular weight excluding hydrogens is 304 g/mol. The van der Waals surface area contributed by atoms with E-state index in [4.69, 9.17) is 4.74 Å². The number of ether oxygens (including phenoxy) is 1. The fourth-order valence-electron chi connectivity index (χ4n) is 3.72. The van der Waals surface area contributed by atoms with Crippen molar-refractivity contribution < 1.29 is 14.6 Å². The van der Waals surface area contributed by atoms with Crippen LogP contribution in [0.25, 0.3) is 0 Å². The Balaban J connectivity index is 1.60. The minimum atomic E-state index is -0.135. The van der Waals surface area contributed by atoms with Gasteiger partial charge in [-0.05, 0) is 43.4 Å². The van der Waals surface area contributed by atoms with E-state index in [0.717, 1.165) is 31.4 Å². The molecule has 5 heteroatoms. The molecule has 0 radical (unpaired) electrons. The first kappa shape index (κ1) is 17.1. The molecule has 2 saturated carbocycles. The Bertz CT molecular complexity index is 578. The zero-order valence-electron chi connectivity index (χ0n) is 14.4. The molecule has 0 atom stereocenters. The van der Waals surface area contributed by atoms with E-state index in [2.05, 4.69) is 22.8 Å². The number of rotatable bonds is 7.